The number of imidazole rings is 1. The first-order valence-electron chi connectivity index (χ1n) is 11.4. The van der Waals surface area contributed by atoms with Gasteiger partial charge in [0.05, 0.1) is 23.2 Å². The largest absolute Gasteiger partial charge is 0.460 e. The number of esters is 1. The third-order valence-corrected chi connectivity index (χ3v) is 6.01. The van der Waals surface area contributed by atoms with E-state index in [1.807, 2.05) is 17.6 Å². The average molecular weight is 453 g/mol. The van der Waals surface area contributed by atoms with Crippen LogP contribution in [0.5, 0.6) is 0 Å². The number of methoxy groups -OCH3 is 1. The number of nitrogens with zero attached hydrogens (tertiary/aromatic N) is 4. The van der Waals surface area contributed by atoms with Gasteiger partial charge in [-0.2, -0.15) is 0 Å². The van der Waals surface area contributed by atoms with Crippen molar-refractivity contribution in [1.82, 2.24) is 14.5 Å². The zero-order chi connectivity index (χ0) is 23.2. The monoisotopic (exact) mass is 452 g/mol. The van der Waals surface area contributed by atoms with E-state index in [0.717, 1.165) is 49.5 Å². The molecule has 0 aliphatic carbocycles. The van der Waals surface area contributed by atoms with Gasteiger partial charge in [-0.3, -0.25) is 9.47 Å². The smallest absolute Gasteiger partial charge is 0.338 e. The second-order valence-corrected chi connectivity index (χ2v) is 8.04. The molecule has 0 amide bonds. The Bertz CT molecular complexity index is 1080. The first kappa shape index (κ1) is 23.2. The summed E-state index contributed by atoms with van der Waals surface area (Å²) in [6, 6.07) is 13.9. The summed E-state index contributed by atoms with van der Waals surface area (Å²) in [7, 11) is 1.57. The molecule has 0 radical (unpaired) electrons. The van der Waals surface area contributed by atoms with E-state index in [4.69, 9.17) is 14.2 Å². The van der Waals surface area contributed by atoms with E-state index in [9.17, 15) is 4.79 Å². The fourth-order valence-corrected chi connectivity index (χ4v) is 4.18. The maximum atomic E-state index is 12.2. The molecule has 1 aliphatic rings. The van der Waals surface area contributed by atoms with Crippen molar-refractivity contribution in [3.63, 3.8) is 0 Å². The number of rotatable bonds is 9. The van der Waals surface area contributed by atoms with E-state index < -0.39 is 0 Å². The molecule has 0 bridgehead atoms. The molecule has 2 aromatic carbocycles. The van der Waals surface area contributed by atoms with Crippen molar-refractivity contribution in [2.75, 3.05) is 58.0 Å². The molecule has 0 N–H and O–H groups in total. The Morgan fingerprint density at radius 2 is 1.85 bits per heavy atom. The summed E-state index contributed by atoms with van der Waals surface area (Å²) in [6.07, 6.45) is 1.95. The summed E-state index contributed by atoms with van der Waals surface area (Å²) >= 11 is 0. The Morgan fingerprint density at radius 3 is 2.61 bits per heavy atom. The Morgan fingerprint density at radius 1 is 1.06 bits per heavy atom. The summed E-state index contributed by atoms with van der Waals surface area (Å²) in [5.74, 6) is -0.372. The fourth-order valence-electron chi connectivity index (χ4n) is 4.18. The molecule has 1 aromatic heterocycles. The van der Waals surface area contributed by atoms with Crippen molar-refractivity contribution in [3.8, 4) is 5.69 Å². The Labute approximate surface area is 194 Å². The molecule has 4 rings (SSSR count). The number of benzene rings is 2. The highest BCUT2D eigenvalue weighted by atomic mass is 16.6. The van der Waals surface area contributed by atoms with Gasteiger partial charge < -0.3 is 19.1 Å². The highest BCUT2D eigenvalue weighted by Crippen LogP contribution is 2.25. The maximum absolute atomic E-state index is 12.2. The first-order chi connectivity index (χ1) is 16.1. The van der Waals surface area contributed by atoms with Gasteiger partial charge in [-0.1, -0.05) is 6.07 Å². The highest BCUT2D eigenvalue weighted by Gasteiger charge is 2.21. The van der Waals surface area contributed by atoms with Gasteiger partial charge in [-0.25, -0.2) is 9.78 Å². The molecule has 176 valence electrons. The predicted molar refractivity (Wildman–Crippen MR) is 128 cm³/mol. The van der Waals surface area contributed by atoms with Gasteiger partial charge in [-0.15, -0.1) is 0 Å². The number of piperazine rings is 1. The molecule has 1 atom stereocenters. The number of ether oxygens (including phenoxy) is 3. The van der Waals surface area contributed by atoms with Gasteiger partial charge in [0.2, 0.25) is 0 Å². The summed E-state index contributed by atoms with van der Waals surface area (Å²) < 4.78 is 17.9. The molecule has 1 fully saturated rings. The number of hydrogen-bond donors (Lipinski definition) is 0. The van der Waals surface area contributed by atoms with Crippen molar-refractivity contribution in [3.05, 3.63) is 54.4 Å². The predicted octanol–water partition coefficient (Wildman–Crippen LogP) is 3.33. The second-order valence-electron chi connectivity index (χ2n) is 8.04. The minimum atomic E-state index is -0.372. The van der Waals surface area contributed by atoms with E-state index in [1.54, 1.807) is 25.6 Å². The third kappa shape index (κ3) is 5.35. The number of hydrogen-bond acceptors (Lipinski definition) is 7. The molecule has 8 heteroatoms. The van der Waals surface area contributed by atoms with Gasteiger partial charge in [-0.05, 0) is 50.2 Å². The lowest BCUT2D eigenvalue weighted by Gasteiger charge is -2.38. The van der Waals surface area contributed by atoms with Crippen molar-refractivity contribution >= 4 is 22.7 Å². The quantitative estimate of drug-likeness (QED) is 0.364. The van der Waals surface area contributed by atoms with Crippen LogP contribution in [0.15, 0.2) is 48.8 Å². The zero-order valence-electron chi connectivity index (χ0n) is 19.6. The number of aromatic nitrogens is 2. The molecule has 8 nitrogen and oxygen atoms in total. The van der Waals surface area contributed by atoms with E-state index in [0.29, 0.717) is 12.2 Å². The molecule has 1 saturated heterocycles. The van der Waals surface area contributed by atoms with Crippen LogP contribution in [0.2, 0.25) is 0 Å². The van der Waals surface area contributed by atoms with Crippen LogP contribution in [0.3, 0.4) is 0 Å². The van der Waals surface area contributed by atoms with E-state index in [1.165, 1.54) is 5.69 Å². The van der Waals surface area contributed by atoms with Crippen molar-refractivity contribution in [1.29, 1.82) is 0 Å². The Balaban J connectivity index is 1.48. The van der Waals surface area contributed by atoms with Crippen LogP contribution in [0, 0.1) is 0 Å². The maximum Gasteiger partial charge on any atom is 0.338 e. The molecule has 0 saturated carbocycles. The highest BCUT2D eigenvalue weighted by molar-refractivity contribution is 5.94. The van der Waals surface area contributed by atoms with Crippen LogP contribution < -0.4 is 4.90 Å². The van der Waals surface area contributed by atoms with Gasteiger partial charge in [0.25, 0.3) is 0 Å². The lowest BCUT2D eigenvalue weighted by atomic mass is 10.2. The number of anilines is 1. The second kappa shape index (κ2) is 10.8. The normalized spacial score (nSPS) is 15.7. The number of carbonyl (C=O) groups excluding carboxylic acids is 1. The van der Waals surface area contributed by atoms with Gasteiger partial charge >= 0.3 is 5.97 Å². The van der Waals surface area contributed by atoms with Crippen molar-refractivity contribution in [2.24, 2.45) is 0 Å². The molecule has 33 heavy (non-hydrogen) atoms. The zero-order valence-corrected chi connectivity index (χ0v) is 19.6. The summed E-state index contributed by atoms with van der Waals surface area (Å²) in [5.41, 5.74) is 4.40. The molecule has 2 heterocycles. The standard InChI is InChI=1S/C25H32N4O4/c1-4-32-19(2)27-10-12-28(13-11-27)21-6-5-7-22(17-21)29-18-26-23-16-20(8-9-24(23)29)25(30)33-15-14-31-3/h5-9,16-19H,4,10-15H2,1-3H3. The van der Waals surface area contributed by atoms with Crippen LogP contribution in [-0.4, -0.2) is 79.8 Å². The molecular weight excluding hydrogens is 420 g/mol. The van der Waals surface area contributed by atoms with E-state index >= 15 is 0 Å². The lowest BCUT2D eigenvalue weighted by molar-refractivity contribution is -0.0440. The number of carbonyl (C=O) groups is 1. The minimum Gasteiger partial charge on any atom is -0.460 e. The van der Waals surface area contributed by atoms with Gasteiger partial charge in [0.15, 0.2) is 0 Å². The van der Waals surface area contributed by atoms with Crippen molar-refractivity contribution < 1.29 is 19.0 Å². The van der Waals surface area contributed by atoms with Gasteiger partial charge in [0, 0.05) is 51.3 Å². The van der Waals surface area contributed by atoms with Crippen LogP contribution in [0.25, 0.3) is 16.7 Å². The third-order valence-electron chi connectivity index (χ3n) is 6.01. The van der Waals surface area contributed by atoms with E-state index in [2.05, 4.69) is 46.0 Å². The van der Waals surface area contributed by atoms with E-state index in [-0.39, 0.29) is 18.8 Å². The Hall–Kier alpha value is -2.94. The summed E-state index contributed by atoms with van der Waals surface area (Å²) in [4.78, 5) is 21.5. The van der Waals surface area contributed by atoms with Gasteiger partial charge in [0.1, 0.15) is 19.2 Å². The van der Waals surface area contributed by atoms with Crippen molar-refractivity contribution in [2.45, 2.75) is 20.1 Å². The summed E-state index contributed by atoms with van der Waals surface area (Å²) in [6.45, 7) is 9.36. The molecule has 0 spiro atoms. The first-order valence-corrected chi connectivity index (χ1v) is 11.4. The topological polar surface area (TPSA) is 69.1 Å². The number of fused-ring (bicyclic) bond motifs is 1. The minimum absolute atomic E-state index is 0.156. The van der Waals surface area contributed by atoms with Crippen LogP contribution in [0.4, 0.5) is 5.69 Å². The molecular formula is C25H32N4O4. The summed E-state index contributed by atoms with van der Waals surface area (Å²) in [5, 5.41) is 0. The molecule has 3 aromatic rings. The van der Waals surface area contributed by atoms with Crippen LogP contribution in [-0.2, 0) is 14.2 Å². The van der Waals surface area contributed by atoms with Crippen LogP contribution >= 0.6 is 0 Å². The lowest BCUT2D eigenvalue weighted by Crippen LogP contribution is -2.50. The fraction of sp³-hybridized carbons (Fsp3) is 0.440. The average Bonchev–Trinajstić information content (AvgIpc) is 3.28. The molecule has 1 unspecified atom stereocenters. The SMILES string of the molecule is CCOC(C)N1CCN(c2cccc(-n3cnc4cc(C(=O)OCCOC)ccc43)c2)CC1. The van der Waals surface area contributed by atoms with Crippen LogP contribution in [0.1, 0.15) is 24.2 Å². The Kier molecular flexibility index (Phi) is 7.59. The molecule has 1 aliphatic heterocycles.